The van der Waals surface area contributed by atoms with Gasteiger partial charge in [0.15, 0.2) is 9.84 Å². The average molecular weight is 269 g/mol. The van der Waals surface area contributed by atoms with Crippen LogP contribution in [0.3, 0.4) is 0 Å². The van der Waals surface area contributed by atoms with Crippen LogP contribution in [0.5, 0.6) is 0 Å². The fourth-order valence-corrected chi connectivity index (χ4v) is 3.87. The lowest BCUT2D eigenvalue weighted by Crippen LogP contribution is -2.47. The summed E-state index contributed by atoms with van der Waals surface area (Å²) in [6.07, 6.45) is 1.72. The van der Waals surface area contributed by atoms with E-state index in [1.54, 1.807) is 6.20 Å². The third-order valence-corrected chi connectivity index (χ3v) is 5.04. The minimum Gasteiger partial charge on any atom is -0.352 e. The molecule has 1 fully saturated rings. The van der Waals surface area contributed by atoms with Crippen LogP contribution in [0.4, 0.5) is 5.82 Å². The van der Waals surface area contributed by atoms with Crippen LogP contribution in [0.15, 0.2) is 18.3 Å². The number of nitrogens with zero attached hydrogens (tertiary/aromatic N) is 2. The Kier molecular flexibility index (Phi) is 3.59. The second kappa shape index (κ2) is 4.85. The van der Waals surface area contributed by atoms with Gasteiger partial charge in [0.05, 0.1) is 11.5 Å². The van der Waals surface area contributed by atoms with Crippen LogP contribution in [0.1, 0.15) is 25.5 Å². The maximum Gasteiger partial charge on any atom is 0.154 e. The minimum absolute atomic E-state index is 0.0591. The van der Waals surface area contributed by atoms with Crippen molar-refractivity contribution in [3.05, 3.63) is 23.9 Å². The summed E-state index contributed by atoms with van der Waals surface area (Å²) in [6, 6.07) is 3.63. The molecule has 0 saturated carbocycles. The molecule has 0 radical (unpaired) electrons. The Morgan fingerprint density at radius 3 is 2.89 bits per heavy atom. The summed E-state index contributed by atoms with van der Waals surface area (Å²) in [5.41, 5.74) is 6.90. The summed E-state index contributed by atoms with van der Waals surface area (Å²) in [5.74, 6) is 1.18. The quantitative estimate of drug-likeness (QED) is 0.856. The Hall–Kier alpha value is -1.14. The fourth-order valence-electron chi connectivity index (χ4n) is 2.32. The van der Waals surface area contributed by atoms with Crippen molar-refractivity contribution in [1.82, 2.24) is 4.98 Å². The van der Waals surface area contributed by atoms with E-state index in [-0.39, 0.29) is 23.6 Å². The van der Waals surface area contributed by atoms with Crippen molar-refractivity contribution in [2.75, 3.05) is 23.0 Å². The molecule has 1 aliphatic heterocycles. The van der Waals surface area contributed by atoms with Crippen molar-refractivity contribution in [2.45, 2.75) is 25.9 Å². The molecule has 5 nitrogen and oxygen atoms in total. The molecule has 0 aliphatic carbocycles. The van der Waals surface area contributed by atoms with E-state index in [1.165, 1.54) is 0 Å². The van der Waals surface area contributed by atoms with Gasteiger partial charge in [0.1, 0.15) is 5.82 Å². The van der Waals surface area contributed by atoms with Crippen LogP contribution in [0.25, 0.3) is 0 Å². The highest BCUT2D eigenvalue weighted by molar-refractivity contribution is 7.91. The van der Waals surface area contributed by atoms with Gasteiger partial charge in [0, 0.05) is 30.4 Å². The van der Waals surface area contributed by atoms with Crippen LogP contribution in [0, 0.1) is 0 Å². The molecule has 1 aliphatic rings. The van der Waals surface area contributed by atoms with Crippen LogP contribution < -0.4 is 10.6 Å². The van der Waals surface area contributed by atoms with Gasteiger partial charge in [-0.2, -0.15) is 0 Å². The van der Waals surface area contributed by atoms with E-state index in [1.807, 2.05) is 30.9 Å². The number of rotatable bonds is 2. The van der Waals surface area contributed by atoms with Gasteiger partial charge >= 0.3 is 0 Å². The van der Waals surface area contributed by atoms with Crippen molar-refractivity contribution < 1.29 is 8.42 Å². The zero-order chi connectivity index (χ0) is 13.3. The molecular weight excluding hydrogens is 250 g/mol. The molecule has 2 heterocycles. The second-order valence-corrected chi connectivity index (χ2v) is 7.09. The van der Waals surface area contributed by atoms with E-state index in [2.05, 4.69) is 4.98 Å². The third-order valence-electron chi connectivity index (χ3n) is 3.25. The van der Waals surface area contributed by atoms with Gasteiger partial charge in [-0.1, -0.05) is 6.07 Å². The molecule has 1 aromatic heterocycles. The van der Waals surface area contributed by atoms with Crippen LogP contribution in [-0.4, -0.2) is 37.5 Å². The van der Waals surface area contributed by atoms with Crippen LogP contribution in [-0.2, 0) is 9.84 Å². The Morgan fingerprint density at radius 2 is 2.28 bits per heavy atom. The summed E-state index contributed by atoms with van der Waals surface area (Å²) in [7, 11) is -2.91. The van der Waals surface area contributed by atoms with Crippen molar-refractivity contribution >= 4 is 15.7 Å². The Morgan fingerprint density at radius 1 is 1.56 bits per heavy atom. The molecule has 18 heavy (non-hydrogen) atoms. The van der Waals surface area contributed by atoms with Crippen molar-refractivity contribution in [1.29, 1.82) is 0 Å². The lowest BCUT2D eigenvalue weighted by atomic mass is 10.1. The number of hydrogen-bond acceptors (Lipinski definition) is 5. The van der Waals surface area contributed by atoms with Crippen molar-refractivity contribution in [3.63, 3.8) is 0 Å². The first-order chi connectivity index (χ1) is 8.41. The van der Waals surface area contributed by atoms with Gasteiger partial charge < -0.3 is 10.6 Å². The average Bonchev–Trinajstić information content (AvgIpc) is 2.28. The maximum absolute atomic E-state index is 11.6. The molecular formula is C12H19N3O2S. The molecule has 100 valence electrons. The SMILES string of the molecule is CC1CS(=O)(=O)CCN1c1ncccc1[C@@H](C)N. The number of aromatic nitrogens is 1. The van der Waals surface area contributed by atoms with Gasteiger partial charge in [-0.25, -0.2) is 13.4 Å². The first-order valence-electron chi connectivity index (χ1n) is 6.08. The molecule has 6 heteroatoms. The molecule has 1 aromatic rings. The molecule has 0 spiro atoms. The summed E-state index contributed by atoms with van der Waals surface area (Å²) >= 11 is 0. The fraction of sp³-hybridized carbons (Fsp3) is 0.583. The molecule has 1 unspecified atom stereocenters. The minimum atomic E-state index is -2.91. The smallest absolute Gasteiger partial charge is 0.154 e. The summed E-state index contributed by atoms with van der Waals surface area (Å²) < 4.78 is 23.2. The van der Waals surface area contributed by atoms with Gasteiger partial charge in [0.2, 0.25) is 0 Å². The van der Waals surface area contributed by atoms with E-state index in [4.69, 9.17) is 5.73 Å². The summed E-state index contributed by atoms with van der Waals surface area (Å²) in [4.78, 5) is 6.41. The maximum atomic E-state index is 11.6. The Bertz CT molecular complexity index is 528. The highest BCUT2D eigenvalue weighted by atomic mass is 32.2. The molecule has 0 aromatic carbocycles. The molecule has 2 N–H and O–H groups in total. The molecule has 2 atom stereocenters. The monoisotopic (exact) mass is 269 g/mol. The number of nitrogens with two attached hydrogens (primary N) is 1. The topological polar surface area (TPSA) is 76.3 Å². The van der Waals surface area contributed by atoms with Crippen LogP contribution in [0.2, 0.25) is 0 Å². The second-order valence-electron chi connectivity index (χ2n) is 4.86. The molecule has 0 bridgehead atoms. The summed E-state index contributed by atoms with van der Waals surface area (Å²) in [5, 5.41) is 0. The summed E-state index contributed by atoms with van der Waals surface area (Å²) in [6.45, 7) is 4.31. The first-order valence-corrected chi connectivity index (χ1v) is 7.90. The van der Waals surface area contributed by atoms with E-state index in [9.17, 15) is 8.42 Å². The normalized spacial score (nSPS) is 24.8. The lowest BCUT2D eigenvalue weighted by molar-refractivity contribution is 0.565. The molecule has 0 amide bonds. The van der Waals surface area contributed by atoms with E-state index >= 15 is 0 Å². The van der Waals surface area contributed by atoms with E-state index < -0.39 is 9.84 Å². The van der Waals surface area contributed by atoms with Gasteiger partial charge in [-0.3, -0.25) is 0 Å². The van der Waals surface area contributed by atoms with Gasteiger partial charge in [0.25, 0.3) is 0 Å². The van der Waals surface area contributed by atoms with E-state index in [0.29, 0.717) is 6.54 Å². The predicted octanol–water partition coefficient (Wildman–Crippen LogP) is 0.725. The Labute approximate surface area is 108 Å². The highest BCUT2D eigenvalue weighted by Crippen LogP contribution is 2.26. The van der Waals surface area contributed by atoms with E-state index in [0.717, 1.165) is 11.4 Å². The van der Waals surface area contributed by atoms with Gasteiger partial charge in [-0.05, 0) is 19.9 Å². The first kappa shape index (κ1) is 13.3. The van der Waals surface area contributed by atoms with Crippen LogP contribution >= 0.6 is 0 Å². The number of sulfone groups is 1. The standard InChI is InChI=1S/C12H19N3O2S/c1-9-8-18(16,17)7-6-15(9)12-11(10(2)13)4-3-5-14-12/h3-5,9-10H,6-8,13H2,1-2H3/t9?,10-/m1/s1. The number of anilines is 1. The highest BCUT2D eigenvalue weighted by Gasteiger charge is 2.30. The van der Waals surface area contributed by atoms with Crippen molar-refractivity contribution in [2.24, 2.45) is 5.73 Å². The number of pyridine rings is 1. The lowest BCUT2D eigenvalue weighted by Gasteiger charge is -2.35. The largest absolute Gasteiger partial charge is 0.352 e. The van der Waals surface area contributed by atoms with Crippen molar-refractivity contribution in [3.8, 4) is 0 Å². The third kappa shape index (κ3) is 2.64. The molecule has 1 saturated heterocycles. The number of hydrogen-bond donors (Lipinski definition) is 1. The predicted molar refractivity (Wildman–Crippen MR) is 72.3 cm³/mol. The zero-order valence-electron chi connectivity index (χ0n) is 10.7. The molecule has 2 rings (SSSR count). The Balaban J connectivity index is 2.33. The van der Waals surface area contributed by atoms with Gasteiger partial charge in [-0.15, -0.1) is 0 Å². The zero-order valence-corrected chi connectivity index (χ0v) is 11.5.